The van der Waals surface area contributed by atoms with E-state index in [1.165, 1.54) is 12.1 Å². The van der Waals surface area contributed by atoms with E-state index in [4.69, 9.17) is 10.7 Å². The lowest BCUT2D eigenvalue weighted by atomic mass is 10.1. The van der Waals surface area contributed by atoms with Crippen molar-refractivity contribution < 1.29 is 12.8 Å². The monoisotopic (exact) mass is 234 g/mol. The Hall–Kier alpha value is -0.610. The maximum Gasteiger partial charge on any atom is 0.236 e. The van der Waals surface area contributed by atoms with Crippen molar-refractivity contribution in [3.05, 3.63) is 35.6 Å². The van der Waals surface area contributed by atoms with E-state index in [9.17, 15) is 12.8 Å². The molecule has 5 heteroatoms. The molecule has 1 aliphatic rings. The number of benzene rings is 1. The Morgan fingerprint density at radius 2 is 1.86 bits per heavy atom. The van der Waals surface area contributed by atoms with Gasteiger partial charge in [-0.1, -0.05) is 12.1 Å². The summed E-state index contributed by atoms with van der Waals surface area (Å²) in [7, 11) is 1.75. The molecule has 2 atom stereocenters. The summed E-state index contributed by atoms with van der Waals surface area (Å²) in [6.45, 7) is 0. The quantitative estimate of drug-likeness (QED) is 0.736. The Labute approximate surface area is 86.1 Å². The third-order valence-corrected chi connectivity index (χ3v) is 4.32. The lowest BCUT2D eigenvalue weighted by molar-refractivity contribution is 0.607. The average molecular weight is 235 g/mol. The van der Waals surface area contributed by atoms with Crippen LogP contribution in [0.3, 0.4) is 0 Å². The van der Waals surface area contributed by atoms with Crippen LogP contribution in [0.5, 0.6) is 0 Å². The van der Waals surface area contributed by atoms with Crippen molar-refractivity contribution >= 4 is 19.7 Å². The third kappa shape index (κ3) is 1.91. The third-order valence-electron chi connectivity index (χ3n) is 2.39. The van der Waals surface area contributed by atoms with E-state index in [0.717, 1.165) is 5.56 Å². The highest BCUT2D eigenvalue weighted by Gasteiger charge is 2.47. The van der Waals surface area contributed by atoms with Crippen molar-refractivity contribution in [2.75, 3.05) is 0 Å². The Morgan fingerprint density at radius 1 is 1.29 bits per heavy atom. The van der Waals surface area contributed by atoms with Gasteiger partial charge in [-0.25, -0.2) is 12.8 Å². The zero-order valence-electron chi connectivity index (χ0n) is 7.15. The Balaban J connectivity index is 2.18. The van der Waals surface area contributed by atoms with Gasteiger partial charge in [-0.2, -0.15) is 0 Å². The van der Waals surface area contributed by atoms with Crippen LogP contribution in [0, 0.1) is 5.82 Å². The van der Waals surface area contributed by atoms with E-state index in [1.807, 2.05) is 0 Å². The fraction of sp³-hybridized carbons (Fsp3) is 0.333. The normalized spacial score (nSPS) is 26.1. The van der Waals surface area contributed by atoms with Gasteiger partial charge in [-0.15, -0.1) is 0 Å². The highest BCUT2D eigenvalue weighted by atomic mass is 35.7. The Kier molecular flexibility index (Phi) is 2.27. The number of hydrogen-bond acceptors (Lipinski definition) is 2. The van der Waals surface area contributed by atoms with Gasteiger partial charge in [0.15, 0.2) is 0 Å². The van der Waals surface area contributed by atoms with Gasteiger partial charge in [-0.05, 0) is 24.1 Å². The van der Waals surface area contributed by atoms with Crippen LogP contribution in [0.15, 0.2) is 24.3 Å². The number of hydrogen-bond donors (Lipinski definition) is 0. The van der Waals surface area contributed by atoms with Gasteiger partial charge >= 0.3 is 0 Å². The molecule has 2 nitrogen and oxygen atoms in total. The molecule has 1 aliphatic carbocycles. The molecule has 0 radical (unpaired) electrons. The van der Waals surface area contributed by atoms with Gasteiger partial charge < -0.3 is 0 Å². The van der Waals surface area contributed by atoms with Crippen molar-refractivity contribution in [1.82, 2.24) is 0 Å². The van der Waals surface area contributed by atoms with Gasteiger partial charge in [0, 0.05) is 16.6 Å². The first-order chi connectivity index (χ1) is 6.48. The SMILES string of the molecule is O=S(=O)(Cl)[C@H]1C[C@@H]1c1ccc(F)cc1. The smallest absolute Gasteiger partial charge is 0.212 e. The molecule has 0 spiro atoms. The van der Waals surface area contributed by atoms with E-state index < -0.39 is 14.3 Å². The van der Waals surface area contributed by atoms with Crippen LogP contribution < -0.4 is 0 Å². The summed E-state index contributed by atoms with van der Waals surface area (Å²) in [5, 5.41) is -0.491. The van der Waals surface area contributed by atoms with Gasteiger partial charge in [0.05, 0.1) is 5.25 Å². The molecule has 0 N–H and O–H groups in total. The standard InChI is InChI=1S/C9H8ClFO2S/c10-14(12,13)9-5-8(9)6-1-3-7(11)4-2-6/h1-4,8-9H,5H2/t8-,9+/m1/s1. The van der Waals surface area contributed by atoms with Gasteiger partial charge in [-0.3, -0.25) is 0 Å². The summed E-state index contributed by atoms with van der Waals surface area (Å²) >= 11 is 0. The molecular weight excluding hydrogens is 227 g/mol. The summed E-state index contributed by atoms with van der Waals surface area (Å²) < 4.78 is 34.4. The van der Waals surface area contributed by atoms with Crippen LogP contribution in [0.25, 0.3) is 0 Å². The zero-order chi connectivity index (χ0) is 10.3. The molecule has 1 aromatic rings. The average Bonchev–Trinajstić information content (AvgIpc) is 2.83. The summed E-state index contributed by atoms with van der Waals surface area (Å²) in [6.07, 6.45) is 0.539. The molecular formula is C9H8ClFO2S. The predicted molar refractivity (Wildman–Crippen MR) is 52.3 cm³/mol. The van der Waals surface area contributed by atoms with Crippen molar-refractivity contribution in [3.8, 4) is 0 Å². The van der Waals surface area contributed by atoms with Crippen molar-refractivity contribution in [1.29, 1.82) is 0 Å². The number of rotatable bonds is 2. The fourth-order valence-electron chi connectivity index (χ4n) is 1.54. The molecule has 0 heterocycles. The van der Waals surface area contributed by atoms with Crippen LogP contribution in [0.1, 0.15) is 17.9 Å². The van der Waals surface area contributed by atoms with Gasteiger partial charge in [0.2, 0.25) is 9.05 Å². The van der Waals surface area contributed by atoms with Crippen LogP contribution in [-0.4, -0.2) is 13.7 Å². The molecule has 1 fully saturated rings. The first-order valence-corrected chi connectivity index (χ1v) is 6.54. The fourth-order valence-corrected chi connectivity index (χ4v) is 3.12. The minimum atomic E-state index is -3.46. The lowest BCUT2D eigenvalue weighted by Gasteiger charge is -1.97. The van der Waals surface area contributed by atoms with E-state index >= 15 is 0 Å². The summed E-state index contributed by atoms with van der Waals surface area (Å²) in [4.78, 5) is 0. The van der Waals surface area contributed by atoms with Crippen LogP contribution in [-0.2, 0) is 9.05 Å². The van der Waals surface area contributed by atoms with Crippen molar-refractivity contribution in [2.24, 2.45) is 0 Å². The van der Waals surface area contributed by atoms with Gasteiger partial charge in [0.25, 0.3) is 0 Å². The first-order valence-electron chi connectivity index (χ1n) is 4.17. The van der Waals surface area contributed by atoms with Crippen LogP contribution in [0.2, 0.25) is 0 Å². The highest BCUT2D eigenvalue weighted by molar-refractivity contribution is 8.14. The summed E-state index contributed by atoms with van der Waals surface area (Å²) in [5.74, 6) is -0.377. The second kappa shape index (κ2) is 3.21. The molecule has 0 aliphatic heterocycles. The molecule has 0 unspecified atom stereocenters. The predicted octanol–water partition coefficient (Wildman–Crippen LogP) is 2.25. The second-order valence-electron chi connectivity index (χ2n) is 3.41. The van der Waals surface area contributed by atoms with E-state index in [0.29, 0.717) is 6.42 Å². The molecule has 2 rings (SSSR count). The molecule has 0 aromatic heterocycles. The van der Waals surface area contributed by atoms with E-state index in [2.05, 4.69) is 0 Å². The molecule has 1 aromatic carbocycles. The lowest BCUT2D eigenvalue weighted by Crippen LogP contribution is -1.99. The Bertz CT molecular complexity index is 440. The Morgan fingerprint density at radius 3 is 2.29 bits per heavy atom. The minimum absolute atomic E-state index is 0.0573. The molecule has 0 saturated heterocycles. The van der Waals surface area contributed by atoms with Crippen molar-refractivity contribution in [3.63, 3.8) is 0 Å². The molecule has 0 bridgehead atoms. The van der Waals surface area contributed by atoms with E-state index in [-0.39, 0.29) is 11.7 Å². The van der Waals surface area contributed by atoms with E-state index in [1.54, 1.807) is 12.1 Å². The molecule has 1 saturated carbocycles. The highest BCUT2D eigenvalue weighted by Crippen LogP contribution is 2.47. The minimum Gasteiger partial charge on any atom is -0.212 e. The number of halogens is 2. The first kappa shape index (κ1) is 9.93. The summed E-state index contributed by atoms with van der Waals surface area (Å²) in [6, 6.07) is 5.85. The van der Waals surface area contributed by atoms with Crippen LogP contribution >= 0.6 is 10.7 Å². The topological polar surface area (TPSA) is 34.1 Å². The second-order valence-corrected chi connectivity index (χ2v) is 6.25. The van der Waals surface area contributed by atoms with Gasteiger partial charge in [0.1, 0.15) is 5.82 Å². The molecule has 0 amide bonds. The summed E-state index contributed by atoms with van der Waals surface area (Å²) in [5.41, 5.74) is 0.834. The molecule has 14 heavy (non-hydrogen) atoms. The maximum absolute atomic E-state index is 12.6. The van der Waals surface area contributed by atoms with Crippen LogP contribution in [0.4, 0.5) is 4.39 Å². The largest absolute Gasteiger partial charge is 0.236 e. The van der Waals surface area contributed by atoms with Crippen molar-refractivity contribution in [2.45, 2.75) is 17.6 Å². The molecule has 76 valence electrons. The zero-order valence-corrected chi connectivity index (χ0v) is 8.72. The maximum atomic E-state index is 12.6.